The van der Waals surface area contributed by atoms with E-state index in [0.29, 0.717) is 15.7 Å². The van der Waals surface area contributed by atoms with Crippen molar-refractivity contribution in [1.82, 2.24) is 5.32 Å². The number of halogens is 2. The van der Waals surface area contributed by atoms with E-state index in [1.807, 2.05) is 0 Å². The smallest absolute Gasteiger partial charge is 0.243 e. The SMILES string of the molecule is NCC(=O)NCC(=O)Nc1cc(Cl)cc(Cl)c1. The number of hydrogen-bond acceptors (Lipinski definition) is 3. The molecule has 0 aliphatic rings. The molecule has 0 aliphatic heterocycles. The van der Waals surface area contributed by atoms with Gasteiger partial charge in [-0.05, 0) is 18.2 Å². The number of carbonyl (C=O) groups excluding carboxylic acids is 2. The van der Waals surface area contributed by atoms with Crippen LogP contribution < -0.4 is 16.4 Å². The molecule has 4 N–H and O–H groups in total. The molecule has 0 heterocycles. The lowest BCUT2D eigenvalue weighted by molar-refractivity contribution is -0.123. The number of anilines is 1. The third-order valence-electron chi connectivity index (χ3n) is 1.78. The van der Waals surface area contributed by atoms with Crippen molar-refractivity contribution in [2.75, 3.05) is 18.4 Å². The van der Waals surface area contributed by atoms with Crippen LogP contribution in [0.1, 0.15) is 0 Å². The fourth-order valence-corrected chi connectivity index (χ4v) is 1.61. The minimum absolute atomic E-state index is 0.153. The number of benzene rings is 1. The fraction of sp³-hybridized carbons (Fsp3) is 0.200. The summed E-state index contributed by atoms with van der Waals surface area (Å²) in [5.41, 5.74) is 5.54. The molecule has 0 aliphatic carbocycles. The summed E-state index contributed by atoms with van der Waals surface area (Å²) in [5, 5.41) is 5.71. The molecule has 0 saturated heterocycles. The van der Waals surface area contributed by atoms with E-state index in [0.717, 1.165) is 0 Å². The van der Waals surface area contributed by atoms with Gasteiger partial charge in [0.2, 0.25) is 11.8 Å². The number of nitrogens with two attached hydrogens (primary N) is 1. The fourth-order valence-electron chi connectivity index (χ4n) is 1.08. The first kappa shape index (κ1) is 13.8. The van der Waals surface area contributed by atoms with Crippen LogP contribution in [0, 0.1) is 0 Å². The van der Waals surface area contributed by atoms with Gasteiger partial charge in [-0.25, -0.2) is 0 Å². The minimum atomic E-state index is -0.399. The molecule has 0 aromatic heterocycles. The van der Waals surface area contributed by atoms with Gasteiger partial charge < -0.3 is 16.4 Å². The summed E-state index contributed by atoms with van der Waals surface area (Å²) in [5.74, 6) is -0.783. The molecule has 0 bridgehead atoms. The second-order valence-corrected chi connectivity index (χ2v) is 4.06. The predicted octanol–water partition coefficient (Wildman–Crippen LogP) is 1.01. The van der Waals surface area contributed by atoms with Gasteiger partial charge in [0.1, 0.15) is 0 Å². The third-order valence-corrected chi connectivity index (χ3v) is 2.21. The van der Waals surface area contributed by atoms with Crippen LogP contribution in [0.5, 0.6) is 0 Å². The van der Waals surface area contributed by atoms with E-state index >= 15 is 0 Å². The maximum atomic E-state index is 11.4. The molecule has 1 aromatic carbocycles. The van der Waals surface area contributed by atoms with Crippen LogP contribution in [0.25, 0.3) is 0 Å². The Morgan fingerprint density at radius 2 is 1.71 bits per heavy atom. The van der Waals surface area contributed by atoms with Crippen molar-refractivity contribution >= 4 is 40.7 Å². The first-order valence-electron chi connectivity index (χ1n) is 4.74. The summed E-state index contributed by atoms with van der Waals surface area (Å²) in [4.78, 5) is 22.2. The number of amides is 2. The summed E-state index contributed by atoms with van der Waals surface area (Å²) >= 11 is 11.5. The largest absolute Gasteiger partial charge is 0.346 e. The number of nitrogens with one attached hydrogen (secondary N) is 2. The molecule has 2 amide bonds. The van der Waals surface area contributed by atoms with Crippen LogP contribution in [-0.2, 0) is 9.59 Å². The van der Waals surface area contributed by atoms with E-state index in [1.165, 1.54) is 0 Å². The molecule has 1 rings (SSSR count). The second kappa shape index (κ2) is 6.44. The second-order valence-electron chi connectivity index (χ2n) is 3.19. The maximum absolute atomic E-state index is 11.4. The van der Waals surface area contributed by atoms with Gasteiger partial charge in [-0.1, -0.05) is 23.2 Å². The van der Waals surface area contributed by atoms with E-state index in [9.17, 15) is 9.59 Å². The Bertz CT molecular complexity index is 417. The van der Waals surface area contributed by atoms with Crippen LogP contribution in [0.15, 0.2) is 18.2 Å². The molecule has 0 saturated carbocycles. The monoisotopic (exact) mass is 275 g/mol. The van der Waals surface area contributed by atoms with Gasteiger partial charge in [0.15, 0.2) is 0 Å². The lowest BCUT2D eigenvalue weighted by Gasteiger charge is -2.07. The van der Waals surface area contributed by atoms with Crippen molar-refractivity contribution in [2.45, 2.75) is 0 Å². The lowest BCUT2D eigenvalue weighted by Crippen LogP contribution is -2.36. The molecule has 1 aromatic rings. The zero-order valence-corrected chi connectivity index (χ0v) is 10.3. The number of hydrogen-bond donors (Lipinski definition) is 3. The van der Waals surface area contributed by atoms with E-state index in [4.69, 9.17) is 28.9 Å². The van der Waals surface area contributed by atoms with Crippen LogP contribution >= 0.6 is 23.2 Å². The molecule has 0 radical (unpaired) electrons. The highest BCUT2D eigenvalue weighted by atomic mass is 35.5. The van der Waals surface area contributed by atoms with Gasteiger partial charge >= 0.3 is 0 Å². The average Bonchev–Trinajstić information content (AvgIpc) is 2.24. The van der Waals surface area contributed by atoms with Gasteiger partial charge in [-0.3, -0.25) is 9.59 Å². The van der Waals surface area contributed by atoms with Crippen molar-refractivity contribution in [3.63, 3.8) is 0 Å². The number of rotatable bonds is 4. The van der Waals surface area contributed by atoms with E-state index in [2.05, 4.69) is 10.6 Å². The third kappa shape index (κ3) is 5.04. The molecule has 0 fully saturated rings. The molecule has 5 nitrogen and oxygen atoms in total. The highest BCUT2D eigenvalue weighted by molar-refractivity contribution is 6.35. The summed E-state index contributed by atoms with van der Waals surface area (Å²) in [6.07, 6.45) is 0. The zero-order valence-electron chi connectivity index (χ0n) is 8.80. The van der Waals surface area contributed by atoms with Gasteiger partial charge in [-0.2, -0.15) is 0 Å². The van der Waals surface area contributed by atoms with E-state index < -0.39 is 5.91 Å². The molecule has 0 spiro atoms. The lowest BCUT2D eigenvalue weighted by atomic mass is 10.3. The molecule has 0 unspecified atom stereocenters. The van der Waals surface area contributed by atoms with Gasteiger partial charge in [0.05, 0.1) is 13.1 Å². The van der Waals surface area contributed by atoms with Crippen molar-refractivity contribution in [3.8, 4) is 0 Å². The highest BCUT2D eigenvalue weighted by Crippen LogP contribution is 2.22. The van der Waals surface area contributed by atoms with Crippen LogP contribution in [-0.4, -0.2) is 24.9 Å². The zero-order chi connectivity index (χ0) is 12.8. The van der Waals surface area contributed by atoms with Crippen molar-refractivity contribution < 1.29 is 9.59 Å². The first-order valence-corrected chi connectivity index (χ1v) is 5.49. The van der Waals surface area contributed by atoms with Crippen molar-refractivity contribution in [1.29, 1.82) is 0 Å². The summed E-state index contributed by atoms with van der Waals surface area (Å²) in [6.45, 7) is -0.309. The van der Waals surface area contributed by atoms with Gasteiger partial charge in [0.25, 0.3) is 0 Å². The maximum Gasteiger partial charge on any atom is 0.243 e. The first-order chi connectivity index (χ1) is 8.01. The Morgan fingerprint density at radius 1 is 1.12 bits per heavy atom. The van der Waals surface area contributed by atoms with Crippen LogP contribution in [0.3, 0.4) is 0 Å². The summed E-state index contributed by atoms with van der Waals surface area (Å²) in [7, 11) is 0. The summed E-state index contributed by atoms with van der Waals surface area (Å²) < 4.78 is 0. The minimum Gasteiger partial charge on any atom is -0.346 e. The summed E-state index contributed by atoms with van der Waals surface area (Å²) in [6, 6.07) is 4.65. The Morgan fingerprint density at radius 3 is 2.24 bits per heavy atom. The van der Waals surface area contributed by atoms with Crippen molar-refractivity contribution in [3.05, 3.63) is 28.2 Å². The topological polar surface area (TPSA) is 84.2 Å². The van der Waals surface area contributed by atoms with E-state index in [1.54, 1.807) is 18.2 Å². The molecule has 0 atom stereocenters. The molecular weight excluding hydrogens is 265 g/mol. The highest BCUT2D eigenvalue weighted by Gasteiger charge is 2.05. The van der Waals surface area contributed by atoms with Gasteiger partial charge in [0, 0.05) is 15.7 Å². The van der Waals surface area contributed by atoms with Crippen LogP contribution in [0.4, 0.5) is 5.69 Å². The Balaban J connectivity index is 2.53. The normalized spacial score (nSPS) is 9.82. The predicted molar refractivity (Wildman–Crippen MR) is 67.2 cm³/mol. The molecule has 7 heteroatoms. The Labute approximate surface area is 108 Å². The van der Waals surface area contributed by atoms with Crippen LogP contribution in [0.2, 0.25) is 10.0 Å². The molecular formula is C10H11Cl2N3O2. The quantitative estimate of drug-likeness (QED) is 0.767. The number of carbonyl (C=O) groups is 2. The standard InChI is InChI=1S/C10H11Cl2N3O2/c11-6-1-7(12)3-8(2-6)15-10(17)5-14-9(16)4-13/h1-3H,4-5,13H2,(H,14,16)(H,15,17). The Kier molecular flexibility index (Phi) is 5.21. The Hall–Kier alpha value is -1.30. The molecule has 92 valence electrons. The molecule has 17 heavy (non-hydrogen) atoms. The van der Waals surface area contributed by atoms with Crippen molar-refractivity contribution in [2.24, 2.45) is 5.73 Å². The van der Waals surface area contributed by atoms with E-state index in [-0.39, 0.29) is 19.0 Å². The van der Waals surface area contributed by atoms with Gasteiger partial charge in [-0.15, -0.1) is 0 Å². The average molecular weight is 276 g/mol.